The van der Waals surface area contributed by atoms with Crippen molar-refractivity contribution in [2.45, 2.75) is 27.3 Å². The van der Waals surface area contributed by atoms with Gasteiger partial charge in [-0.15, -0.1) is 0 Å². The molecule has 142 valence electrons. The zero-order valence-electron chi connectivity index (χ0n) is 17.0. The van der Waals surface area contributed by atoms with Crippen LogP contribution in [0.15, 0.2) is 66.7 Å². The molecular formula is C26H28N2. The monoisotopic (exact) mass is 368 g/mol. The standard InChI is InChI=1S/C26H28N2/c1-4-27(5-2)22-16-13-20(14-17-22)11-12-21-15-18-26-24(19-21)23-9-7-8-10-25(23)28(26)6-3/h7-19H,4-6H2,1-3H3/b12-11+. The Morgan fingerprint density at radius 1 is 0.714 bits per heavy atom. The van der Waals surface area contributed by atoms with E-state index in [1.807, 2.05) is 0 Å². The summed E-state index contributed by atoms with van der Waals surface area (Å²) in [7, 11) is 0. The molecule has 0 unspecified atom stereocenters. The first-order chi connectivity index (χ1) is 13.7. The highest BCUT2D eigenvalue weighted by Crippen LogP contribution is 2.30. The summed E-state index contributed by atoms with van der Waals surface area (Å²) in [5, 5.41) is 2.66. The van der Waals surface area contributed by atoms with Crippen LogP contribution < -0.4 is 4.90 Å². The average molecular weight is 369 g/mol. The Balaban J connectivity index is 1.66. The summed E-state index contributed by atoms with van der Waals surface area (Å²) >= 11 is 0. The molecular weight excluding hydrogens is 340 g/mol. The molecule has 0 spiro atoms. The van der Waals surface area contributed by atoms with Crippen molar-refractivity contribution in [2.75, 3.05) is 18.0 Å². The molecule has 0 saturated carbocycles. The topological polar surface area (TPSA) is 8.17 Å². The fraction of sp³-hybridized carbons (Fsp3) is 0.231. The third-order valence-electron chi connectivity index (χ3n) is 5.60. The summed E-state index contributed by atoms with van der Waals surface area (Å²) in [5.41, 5.74) is 6.37. The van der Waals surface area contributed by atoms with Crippen LogP contribution in [0.4, 0.5) is 5.69 Å². The molecule has 0 aliphatic carbocycles. The van der Waals surface area contributed by atoms with Crippen LogP contribution in [0.2, 0.25) is 0 Å². The Bertz CT molecular complexity index is 1110. The maximum Gasteiger partial charge on any atom is 0.0491 e. The lowest BCUT2D eigenvalue weighted by atomic mass is 10.1. The molecule has 0 aliphatic rings. The average Bonchev–Trinajstić information content (AvgIpc) is 3.07. The van der Waals surface area contributed by atoms with Gasteiger partial charge in [0.1, 0.15) is 0 Å². The summed E-state index contributed by atoms with van der Waals surface area (Å²) in [6.45, 7) is 9.67. The van der Waals surface area contributed by atoms with Gasteiger partial charge in [0.05, 0.1) is 0 Å². The van der Waals surface area contributed by atoms with E-state index in [0.29, 0.717) is 0 Å². The van der Waals surface area contributed by atoms with Gasteiger partial charge >= 0.3 is 0 Å². The van der Waals surface area contributed by atoms with Gasteiger partial charge in [-0.2, -0.15) is 0 Å². The van der Waals surface area contributed by atoms with E-state index in [-0.39, 0.29) is 0 Å². The molecule has 0 aliphatic heterocycles. The molecule has 0 saturated heterocycles. The van der Waals surface area contributed by atoms with Crippen LogP contribution in [0.5, 0.6) is 0 Å². The highest BCUT2D eigenvalue weighted by atomic mass is 15.1. The van der Waals surface area contributed by atoms with Crippen LogP contribution in [-0.4, -0.2) is 17.7 Å². The molecule has 2 heteroatoms. The van der Waals surface area contributed by atoms with Crippen molar-refractivity contribution in [1.82, 2.24) is 4.57 Å². The maximum atomic E-state index is 2.39. The fourth-order valence-corrected chi connectivity index (χ4v) is 4.09. The SMILES string of the molecule is CCN(CC)c1ccc(/C=C/c2ccc3c(c2)c2ccccc2n3CC)cc1. The number of nitrogens with zero attached hydrogens (tertiary/aromatic N) is 2. The molecule has 0 amide bonds. The third kappa shape index (κ3) is 3.31. The van der Waals surface area contributed by atoms with Gasteiger partial charge in [-0.25, -0.2) is 0 Å². The number of hydrogen-bond donors (Lipinski definition) is 0. The van der Waals surface area contributed by atoms with Crippen molar-refractivity contribution < 1.29 is 0 Å². The molecule has 4 aromatic rings. The molecule has 2 nitrogen and oxygen atoms in total. The Morgan fingerprint density at radius 2 is 1.36 bits per heavy atom. The Labute approximate surface area is 167 Å². The summed E-state index contributed by atoms with van der Waals surface area (Å²) in [6.07, 6.45) is 4.41. The van der Waals surface area contributed by atoms with Gasteiger partial charge in [-0.1, -0.05) is 48.6 Å². The Kier molecular flexibility index (Phi) is 5.21. The predicted octanol–water partition coefficient (Wildman–Crippen LogP) is 6.83. The van der Waals surface area contributed by atoms with Gasteiger partial charge in [0.25, 0.3) is 0 Å². The minimum absolute atomic E-state index is 0.984. The molecule has 0 N–H and O–H groups in total. The van der Waals surface area contributed by atoms with E-state index < -0.39 is 0 Å². The van der Waals surface area contributed by atoms with Crippen LogP contribution in [0.25, 0.3) is 34.0 Å². The van der Waals surface area contributed by atoms with Crippen molar-refractivity contribution in [2.24, 2.45) is 0 Å². The fourth-order valence-electron chi connectivity index (χ4n) is 4.09. The first-order valence-corrected chi connectivity index (χ1v) is 10.3. The van der Waals surface area contributed by atoms with Crippen LogP contribution in [0.1, 0.15) is 31.9 Å². The third-order valence-corrected chi connectivity index (χ3v) is 5.60. The lowest BCUT2D eigenvalue weighted by Crippen LogP contribution is -2.21. The number of aromatic nitrogens is 1. The van der Waals surface area contributed by atoms with Gasteiger partial charge in [0.15, 0.2) is 0 Å². The lowest BCUT2D eigenvalue weighted by molar-refractivity contribution is 0.827. The molecule has 3 aromatic carbocycles. The quantitative estimate of drug-likeness (QED) is 0.339. The Morgan fingerprint density at radius 3 is 2.07 bits per heavy atom. The zero-order chi connectivity index (χ0) is 19.5. The van der Waals surface area contributed by atoms with E-state index in [4.69, 9.17) is 0 Å². The van der Waals surface area contributed by atoms with Gasteiger partial charge in [-0.3, -0.25) is 0 Å². The number of fused-ring (bicyclic) bond motifs is 3. The molecule has 0 bridgehead atoms. The highest BCUT2D eigenvalue weighted by molar-refractivity contribution is 6.08. The van der Waals surface area contributed by atoms with Crippen LogP contribution in [0, 0.1) is 0 Å². The van der Waals surface area contributed by atoms with Crippen molar-refractivity contribution in [3.05, 3.63) is 77.9 Å². The van der Waals surface area contributed by atoms with Crippen LogP contribution >= 0.6 is 0 Å². The van der Waals surface area contributed by atoms with Crippen LogP contribution in [-0.2, 0) is 6.54 Å². The molecule has 1 heterocycles. The molecule has 0 atom stereocenters. The normalized spacial score (nSPS) is 11.7. The molecule has 0 radical (unpaired) electrons. The largest absolute Gasteiger partial charge is 0.372 e. The summed E-state index contributed by atoms with van der Waals surface area (Å²) in [4.78, 5) is 2.37. The molecule has 28 heavy (non-hydrogen) atoms. The summed E-state index contributed by atoms with van der Waals surface area (Å²) in [6, 6.07) is 24.3. The van der Waals surface area contributed by atoms with E-state index >= 15 is 0 Å². The van der Waals surface area contributed by atoms with Crippen molar-refractivity contribution in [1.29, 1.82) is 0 Å². The number of benzene rings is 3. The molecule has 1 aromatic heterocycles. The molecule has 4 rings (SSSR count). The van der Waals surface area contributed by atoms with E-state index in [1.54, 1.807) is 0 Å². The van der Waals surface area contributed by atoms with Crippen molar-refractivity contribution in [3.63, 3.8) is 0 Å². The van der Waals surface area contributed by atoms with Crippen molar-refractivity contribution in [3.8, 4) is 0 Å². The van der Waals surface area contributed by atoms with Gasteiger partial charge < -0.3 is 9.47 Å². The highest BCUT2D eigenvalue weighted by Gasteiger charge is 2.08. The lowest BCUT2D eigenvalue weighted by Gasteiger charge is -2.20. The zero-order valence-corrected chi connectivity index (χ0v) is 17.0. The van der Waals surface area contributed by atoms with E-state index in [9.17, 15) is 0 Å². The van der Waals surface area contributed by atoms with E-state index in [2.05, 4.69) is 109 Å². The van der Waals surface area contributed by atoms with Crippen LogP contribution in [0.3, 0.4) is 0 Å². The number of para-hydroxylation sites is 1. The van der Waals surface area contributed by atoms with E-state index in [0.717, 1.165) is 19.6 Å². The number of rotatable bonds is 6. The minimum Gasteiger partial charge on any atom is -0.372 e. The number of hydrogen-bond acceptors (Lipinski definition) is 1. The minimum atomic E-state index is 0.984. The second-order valence-corrected chi connectivity index (χ2v) is 7.14. The molecule has 0 fully saturated rings. The van der Waals surface area contributed by atoms with Crippen molar-refractivity contribution >= 4 is 39.6 Å². The summed E-state index contributed by atoms with van der Waals surface area (Å²) < 4.78 is 2.39. The Hall–Kier alpha value is -3.00. The van der Waals surface area contributed by atoms with E-state index in [1.165, 1.54) is 38.6 Å². The number of aryl methyl sites for hydroxylation is 1. The van der Waals surface area contributed by atoms with Gasteiger partial charge in [-0.05, 0) is 62.2 Å². The van der Waals surface area contributed by atoms with Gasteiger partial charge in [0.2, 0.25) is 0 Å². The second kappa shape index (κ2) is 7.93. The van der Waals surface area contributed by atoms with Gasteiger partial charge in [0, 0.05) is 47.1 Å². The smallest absolute Gasteiger partial charge is 0.0491 e. The second-order valence-electron chi connectivity index (χ2n) is 7.14. The maximum absolute atomic E-state index is 2.39. The predicted molar refractivity (Wildman–Crippen MR) is 124 cm³/mol. The number of anilines is 1. The summed E-state index contributed by atoms with van der Waals surface area (Å²) in [5.74, 6) is 0. The first-order valence-electron chi connectivity index (χ1n) is 10.3. The first kappa shape index (κ1) is 18.4.